The van der Waals surface area contributed by atoms with Gasteiger partial charge in [-0.1, -0.05) is 12.1 Å². The summed E-state index contributed by atoms with van der Waals surface area (Å²) in [6.45, 7) is 3.48. The SMILES string of the molecule is COc1ccc(CCN(C)C(=O)NCC(c2cccs2)N2CCCC2)cc1OC. The fourth-order valence-electron chi connectivity index (χ4n) is 3.70. The normalized spacial score (nSPS) is 15.1. The number of hydrogen-bond acceptors (Lipinski definition) is 5. The first kappa shape index (κ1) is 21.5. The van der Waals surface area contributed by atoms with Crippen molar-refractivity contribution in [3.8, 4) is 11.5 Å². The van der Waals surface area contributed by atoms with Gasteiger partial charge in [-0.25, -0.2) is 4.79 Å². The monoisotopic (exact) mass is 417 g/mol. The third kappa shape index (κ3) is 5.64. The number of hydrogen-bond donors (Lipinski definition) is 1. The lowest BCUT2D eigenvalue weighted by Crippen LogP contribution is -2.42. The van der Waals surface area contributed by atoms with Gasteiger partial charge in [0.2, 0.25) is 0 Å². The number of ether oxygens (including phenoxy) is 2. The topological polar surface area (TPSA) is 54.0 Å². The highest BCUT2D eigenvalue weighted by atomic mass is 32.1. The van der Waals surface area contributed by atoms with E-state index in [2.05, 4.69) is 27.7 Å². The predicted octanol–water partition coefficient (Wildman–Crippen LogP) is 3.79. The maximum absolute atomic E-state index is 12.6. The summed E-state index contributed by atoms with van der Waals surface area (Å²) in [5.74, 6) is 1.42. The minimum Gasteiger partial charge on any atom is -0.493 e. The van der Waals surface area contributed by atoms with Crippen LogP contribution >= 0.6 is 11.3 Å². The number of likely N-dealkylation sites (tertiary alicyclic amines) is 1. The number of likely N-dealkylation sites (N-methyl/N-ethyl adjacent to an activating group) is 1. The zero-order valence-corrected chi connectivity index (χ0v) is 18.3. The average Bonchev–Trinajstić information content (AvgIpc) is 3.46. The van der Waals surface area contributed by atoms with Gasteiger partial charge in [-0.15, -0.1) is 11.3 Å². The van der Waals surface area contributed by atoms with Crippen molar-refractivity contribution in [2.75, 3.05) is 47.4 Å². The van der Waals surface area contributed by atoms with E-state index in [1.807, 2.05) is 25.2 Å². The molecule has 0 aliphatic carbocycles. The number of methoxy groups -OCH3 is 2. The maximum Gasteiger partial charge on any atom is 0.317 e. The summed E-state index contributed by atoms with van der Waals surface area (Å²) in [4.78, 5) is 18.2. The largest absolute Gasteiger partial charge is 0.493 e. The molecule has 1 fully saturated rings. The smallest absolute Gasteiger partial charge is 0.317 e. The number of benzene rings is 1. The Bertz CT molecular complexity index is 776. The van der Waals surface area contributed by atoms with Crippen LogP contribution in [0.3, 0.4) is 0 Å². The third-order valence-corrected chi connectivity index (χ3v) is 6.40. The number of amides is 2. The predicted molar refractivity (Wildman–Crippen MR) is 117 cm³/mol. The van der Waals surface area contributed by atoms with Gasteiger partial charge < -0.3 is 19.7 Å². The highest BCUT2D eigenvalue weighted by molar-refractivity contribution is 7.10. The molecule has 1 aromatic carbocycles. The second-order valence-corrected chi connectivity index (χ2v) is 8.30. The molecule has 29 heavy (non-hydrogen) atoms. The number of nitrogens with one attached hydrogen (secondary N) is 1. The van der Waals surface area contributed by atoms with Crippen LogP contribution in [0.15, 0.2) is 35.7 Å². The standard InChI is InChI=1S/C22H31N3O3S/c1-24(13-10-17-8-9-19(27-2)20(15-17)28-3)22(26)23-16-18(21-7-6-14-29-21)25-11-4-5-12-25/h6-9,14-15,18H,4-5,10-13,16H2,1-3H3,(H,23,26). The molecule has 1 unspecified atom stereocenters. The Morgan fingerprint density at radius 1 is 1.21 bits per heavy atom. The summed E-state index contributed by atoms with van der Waals surface area (Å²) >= 11 is 1.76. The molecule has 158 valence electrons. The van der Waals surface area contributed by atoms with Crippen molar-refractivity contribution < 1.29 is 14.3 Å². The molecule has 1 aliphatic heterocycles. The summed E-state index contributed by atoms with van der Waals surface area (Å²) in [7, 11) is 5.10. The van der Waals surface area contributed by atoms with Crippen molar-refractivity contribution in [1.82, 2.24) is 15.1 Å². The molecule has 1 atom stereocenters. The molecule has 1 aromatic heterocycles. The Morgan fingerprint density at radius 2 is 1.97 bits per heavy atom. The van der Waals surface area contributed by atoms with Crippen molar-refractivity contribution >= 4 is 17.4 Å². The van der Waals surface area contributed by atoms with E-state index in [0.29, 0.717) is 24.6 Å². The van der Waals surface area contributed by atoms with Crippen LogP contribution in [0, 0.1) is 0 Å². The lowest BCUT2D eigenvalue weighted by molar-refractivity contribution is 0.198. The van der Waals surface area contributed by atoms with E-state index < -0.39 is 0 Å². The molecule has 2 aromatic rings. The molecule has 0 bridgehead atoms. The van der Waals surface area contributed by atoms with E-state index in [4.69, 9.17) is 9.47 Å². The van der Waals surface area contributed by atoms with E-state index in [9.17, 15) is 4.79 Å². The Balaban J connectivity index is 1.52. The second-order valence-electron chi connectivity index (χ2n) is 7.32. The number of carbonyl (C=O) groups is 1. The van der Waals surface area contributed by atoms with E-state index in [-0.39, 0.29) is 12.1 Å². The lowest BCUT2D eigenvalue weighted by Gasteiger charge is -2.28. The van der Waals surface area contributed by atoms with Crippen molar-refractivity contribution in [3.63, 3.8) is 0 Å². The van der Waals surface area contributed by atoms with Crippen molar-refractivity contribution in [1.29, 1.82) is 0 Å². The van der Waals surface area contributed by atoms with Crippen LogP contribution in [0.5, 0.6) is 11.5 Å². The fraction of sp³-hybridized carbons (Fsp3) is 0.500. The quantitative estimate of drug-likeness (QED) is 0.675. The molecule has 0 radical (unpaired) electrons. The first-order valence-corrected chi connectivity index (χ1v) is 11.0. The average molecular weight is 418 g/mol. The number of nitrogens with zero attached hydrogens (tertiary/aromatic N) is 2. The molecule has 6 nitrogen and oxygen atoms in total. The van der Waals surface area contributed by atoms with Gasteiger partial charge in [0.1, 0.15) is 0 Å². The van der Waals surface area contributed by atoms with Gasteiger partial charge in [0.15, 0.2) is 11.5 Å². The van der Waals surface area contributed by atoms with Crippen molar-refractivity contribution in [3.05, 3.63) is 46.2 Å². The van der Waals surface area contributed by atoms with Crippen molar-refractivity contribution in [2.24, 2.45) is 0 Å². The summed E-state index contributed by atoms with van der Waals surface area (Å²) in [6.07, 6.45) is 3.23. The summed E-state index contributed by atoms with van der Waals surface area (Å²) in [5, 5.41) is 5.24. The highest BCUT2D eigenvalue weighted by Crippen LogP contribution is 2.28. The molecule has 2 heterocycles. The van der Waals surface area contributed by atoms with Gasteiger partial charge in [0.25, 0.3) is 0 Å². The first-order valence-electron chi connectivity index (χ1n) is 10.1. The van der Waals surface area contributed by atoms with Crippen LogP contribution < -0.4 is 14.8 Å². The molecule has 0 saturated carbocycles. The molecule has 7 heteroatoms. The Hall–Kier alpha value is -2.25. The molecule has 2 amide bonds. The zero-order chi connectivity index (χ0) is 20.6. The van der Waals surface area contributed by atoms with Gasteiger partial charge in [-0.2, -0.15) is 0 Å². The molecular weight excluding hydrogens is 386 g/mol. The minimum absolute atomic E-state index is 0.0359. The van der Waals surface area contributed by atoms with Gasteiger partial charge in [-0.05, 0) is 61.5 Å². The van der Waals surface area contributed by atoms with E-state index in [1.165, 1.54) is 17.7 Å². The van der Waals surface area contributed by atoms with Crippen LogP contribution in [0.1, 0.15) is 29.3 Å². The summed E-state index contributed by atoms with van der Waals surface area (Å²) < 4.78 is 10.6. The number of rotatable bonds is 9. The van der Waals surface area contributed by atoms with Crippen LogP contribution in [0.25, 0.3) is 0 Å². The summed E-state index contributed by atoms with van der Waals surface area (Å²) in [6, 6.07) is 10.3. The van der Waals surface area contributed by atoms with Crippen LogP contribution in [-0.2, 0) is 6.42 Å². The maximum atomic E-state index is 12.6. The molecule has 0 spiro atoms. The van der Waals surface area contributed by atoms with Crippen LogP contribution in [-0.4, -0.2) is 63.3 Å². The zero-order valence-electron chi connectivity index (χ0n) is 17.5. The number of thiophene rings is 1. The molecule has 1 saturated heterocycles. The van der Waals surface area contributed by atoms with E-state index >= 15 is 0 Å². The number of urea groups is 1. The third-order valence-electron chi connectivity index (χ3n) is 5.43. The van der Waals surface area contributed by atoms with E-state index in [0.717, 1.165) is 25.1 Å². The first-order chi connectivity index (χ1) is 14.1. The molecular formula is C22H31N3O3S. The Kier molecular flexibility index (Phi) is 7.77. The lowest BCUT2D eigenvalue weighted by atomic mass is 10.1. The molecule has 1 aliphatic rings. The van der Waals surface area contributed by atoms with Gasteiger partial charge in [-0.3, -0.25) is 4.90 Å². The Morgan fingerprint density at radius 3 is 2.62 bits per heavy atom. The van der Waals surface area contributed by atoms with Gasteiger partial charge in [0, 0.05) is 25.0 Å². The van der Waals surface area contributed by atoms with Gasteiger partial charge >= 0.3 is 6.03 Å². The minimum atomic E-state index is -0.0359. The van der Waals surface area contributed by atoms with Crippen LogP contribution in [0.4, 0.5) is 4.79 Å². The molecule has 1 N–H and O–H groups in total. The molecule has 3 rings (SSSR count). The number of carbonyl (C=O) groups excluding carboxylic acids is 1. The van der Waals surface area contributed by atoms with Crippen molar-refractivity contribution in [2.45, 2.75) is 25.3 Å². The second kappa shape index (κ2) is 10.5. The van der Waals surface area contributed by atoms with Gasteiger partial charge in [0.05, 0.1) is 20.3 Å². The Labute approximate surface area is 177 Å². The fourth-order valence-corrected chi connectivity index (χ4v) is 4.56. The summed E-state index contributed by atoms with van der Waals surface area (Å²) in [5.41, 5.74) is 1.11. The highest BCUT2D eigenvalue weighted by Gasteiger charge is 2.25. The van der Waals surface area contributed by atoms with E-state index in [1.54, 1.807) is 30.5 Å². The van der Waals surface area contributed by atoms with Crippen LogP contribution in [0.2, 0.25) is 0 Å².